The molecule has 0 saturated heterocycles. The summed E-state index contributed by atoms with van der Waals surface area (Å²) >= 11 is 5.64. The van der Waals surface area contributed by atoms with Crippen LogP contribution in [0.4, 0.5) is 15.8 Å². The normalized spacial score (nSPS) is 14.3. The van der Waals surface area contributed by atoms with Gasteiger partial charge >= 0.3 is 0 Å². The van der Waals surface area contributed by atoms with Crippen LogP contribution in [0.3, 0.4) is 0 Å². The molecule has 3 N–H and O–H groups in total. The lowest BCUT2D eigenvalue weighted by Gasteiger charge is -2.32. The van der Waals surface area contributed by atoms with E-state index in [0.29, 0.717) is 18.4 Å². The summed E-state index contributed by atoms with van der Waals surface area (Å²) in [5.41, 5.74) is 3.34. The van der Waals surface area contributed by atoms with Crippen LogP contribution >= 0.6 is 11.6 Å². The fourth-order valence-corrected chi connectivity index (χ4v) is 3.77. The lowest BCUT2D eigenvalue weighted by Crippen LogP contribution is -2.47. The second-order valence-electron chi connectivity index (χ2n) is 8.10. The Kier molecular flexibility index (Phi) is 10.6. The van der Waals surface area contributed by atoms with Gasteiger partial charge in [0.05, 0.1) is 5.69 Å². The van der Waals surface area contributed by atoms with Gasteiger partial charge in [0.25, 0.3) is 0 Å². The SMILES string of the molecule is CNc1ccc(Cl)cc1.O=CN/C=C\C=C/c1ccc(NC(=O)C2Cc3ncccc3CN2C=O)c(F)c1. The van der Waals surface area contributed by atoms with Crippen molar-refractivity contribution in [3.05, 3.63) is 107 Å². The van der Waals surface area contributed by atoms with Crippen LogP contribution in [0, 0.1) is 5.82 Å². The summed E-state index contributed by atoms with van der Waals surface area (Å²) in [6.45, 7) is 0.281. The van der Waals surface area contributed by atoms with Gasteiger partial charge in [-0.15, -0.1) is 0 Å². The first kappa shape index (κ1) is 28.1. The highest BCUT2D eigenvalue weighted by molar-refractivity contribution is 6.30. The van der Waals surface area contributed by atoms with E-state index in [0.717, 1.165) is 22.0 Å². The molecule has 3 aromatic rings. The highest BCUT2D eigenvalue weighted by Crippen LogP contribution is 2.23. The number of fused-ring (bicyclic) bond motifs is 1. The molecule has 0 spiro atoms. The molecule has 10 heteroatoms. The molecule has 1 unspecified atom stereocenters. The molecule has 0 saturated carbocycles. The number of pyridine rings is 1. The topological polar surface area (TPSA) is 103 Å². The summed E-state index contributed by atoms with van der Waals surface area (Å²) in [6, 6.07) is 14.8. The average molecular weight is 536 g/mol. The highest BCUT2D eigenvalue weighted by atomic mass is 35.5. The number of aromatic nitrogens is 1. The largest absolute Gasteiger partial charge is 0.388 e. The maximum atomic E-state index is 14.4. The number of rotatable bonds is 8. The summed E-state index contributed by atoms with van der Waals surface area (Å²) in [7, 11) is 1.88. The molecule has 0 aliphatic carbocycles. The van der Waals surface area contributed by atoms with Gasteiger partial charge in [-0.3, -0.25) is 19.4 Å². The van der Waals surface area contributed by atoms with Crippen LogP contribution in [0.25, 0.3) is 6.08 Å². The quantitative estimate of drug-likeness (QED) is 0.293. The zero-order valence-electron chi connectivity index (χ0n) is 20.6. The van der Waals surface area contributed by atoms with Crippen molar-refractivity contribution in [1.29, 1.82) is 0 Å². The molecule has 2 heterocycles. The number of hydrogen-bond donors (Lipinski definition) is 3. The van der Waals surface area contributed by atoms with E-state index in [1.807, 2.05) is 37.4 Å². The second kappa shape index (κ2) is 14.3. The number of benzene rings is 2. The third-order valence-corrected chi connectivity index (χ3v) is 5.86. The van der Waals surface area contributed by atoms with Crippen molar-refractivity contribution in [2.24, 2.45) is 0 Å². The third kappa shape index (κ3) is 8.01. The van der Waals surface area contributed by atoms with Gasteiger partial charge in [-0.25, -0.2) is 4.39 Å². The Hall–Kier alpha value is -4.50. The van der Waals surface area contributed by atoms with Crippen molar-refractivity contribution < 1.29 is 18.8 Å². The monoisotopic (exact) mass is 535 g/mol. The lowest BCUT2D eigenvalue weighted by atomic mass is 9.98. The van der Waals surface area contributed by atoms with Crippen molar-refractivity contribution in [1.82, 2.24) is 15.2 Å². The minimum Gasteiger partial charge on any atom is -0.388 e. The van der Waals surface area contributed by atoms with Crippen LogP contribution in [0.5, 0.6) is 0 Å². The number of carbonyl (C=O) groups excluding carboxylic acids is 3. The van der Waals surface area contributed by atoms with E-state index in [2.05, 4.69) is 20.9 Å². The third-order valence-electron chi connectivity index (χ3n) is 5.61. The fourth-order valence-electron chi connectivity index (χ4n) is 3.65. The van der Waals surface area contributed by atoms with Crippen molar-refractivity contribution in [3.63, 3.8) is 0 Å². The predicted octanol–water partition coefficient (Wildman–Crippen LogP) is 4.40. The van der Waals surface area contributed by atoms with E-state index in [4.69, 9.17) is 11.6 Å². The van der Waals surface area contributed by atoms with Gasteiger partial charge in [0.2, 0.25) is 18.7 Å². The average Bonchev–Trinajstić information content (AvgIpc) is 2.94. The number of amides is 3. The van der Waals surface area contributed by atoms with Gasteiger partial charge in [-0.05, 0) is 59.7 Å². The van der Waals surface area contributed by atoms with E-state index in [9.17, 15) is 18.8 Å². The van der Waals surface area contributed by atoms with E-state index in [1.54, 1.807) is 36.6 Å². The van der Waals surface area contributed by atoms with Crippen molar-refractivity contribution >= 4 is 47.8 Å². The first-order valence-corrected chi connectivity index (χ1v) is 12.0. The molecular formula is C28H27ClFN5O3. The minimum atomic E-state index is -0.760. The molecule has 2 aromatic carbocycles. The van der Waals surface area contributed by atoms with E-state index in [1.165, 1.54) is 23.2 Å². The van der Waals surface area contributed by atoms with E-state index < -0.39 is 17.8 Å². The first-order valence-electron chi connectivity index (χ1n) is 11.7. The molecule has 1 aromatic heterocycles. The van der Waals surface area contributed by atoms with Gasteiger partial charge in [0, 0.05) is 48.8 Å². The van der Waals surface area contributed by atoms with Gasteiger partial charge < -0.3 is 20.9 Å². The summed E-state index contributed by atoms with van der Waals surface area (Å²) in [4.78, 5) is 39.9. The van der Waals surface area contributed by atoms with Gasteiger partial charge in [-0.1, -0.05) is 35.9 Å². The molecule has 1 atom stereocenters. The molecule has 196 valence electrons. The molecule has 0 fully saturated rings. The first-order chi connectivity index (χ1) is 18.4. The molecule has 1 aliphatic heterocycles. The highest BCUT2D eigenvalue weighted by Gasteiger charge is 2.31. The minimum absolute atomic E-state index is 0.0305. The smallest absolute Gasteiger partial charge is 0.247 e. The van der Waals surface area contributed by atoms with Crippen molar-refractivity contribution in [3.8, 4) is 0 Å². The molecule has 0 radical (unpaired) electrons. The zero-order valence-corrected chi connectivity index (χ0v) is 21.4. The lowest BCUT2D eigenvalue weighted by molar-refractivity contribution is -0.130. The maximum Gasteiger partial charge on any atom is 0.247 e. The number of carbonyl (C=O) groups is 3. The number of nitrogens with one attached hydrogen (secondary N) is 3. The number of nitrogens with zero attached hydrogens (tertiary/aromatic N) is 2. The van der Waals surface area contributed by atoms with Crippen LogP contribution in [0.15, 0.2) is 79.1 Å². The Balaban J connectivity index is 0.000000375. The standard InChI is InChI=1S/C21H19FN4O3.C7H8ClN/c22-17-10-15(4-1-2-8-23-13-27)6-7-18(17)25-21(29)20-11-19-16(5-3-9-24-19)12-26(20)14-28;1-9-7-4-2-6(8)3-5-7/h1-10,13-14,20H,11-12H2,(H,23,27)(H,25,29);2-5,9H,1H3/b4-1-,8-2-;. The fraction of sp³-hybridized carbons (Fsp3) is 0.143. The number of halogens is 2. The Morgan fingerprint density at radius 1 is 1.13 bits per heavy atom. The molecule has 1 aliphatic rings. The second-order valence-corrected chi connectivity index (χ2v) is 8.53. The maximum absolute atomic E-state index is 14.4. The van der Waals surface area contributed by atoms with Crippen LogP contribution in [0.2, 0.25) is 5.02 Å². The van der Waals surface area contributed by atoms with E-state index >= 15 is 0 Å². The number of allylic oxidation sites excluding steroid dienone is 2. The number of anilines is 2. The van der Waals surface area contributed by atoms with Crippen LogP contribution in [0.1, 0.15) is 16.8 Å². The summed E-state index contributed by atoms with van der Waals surface area (Å²) in [6.07, 6.45) is 9.37. The molecule has 4 rings (SSSR count). The Labute approximate surface area is 225 Å². The molecular weight excluding hydrogens is 509 g/mol. The van der Waals surface area contributed by atoms with Crippen molar-refractivity contribution in [2.45, 2.75) is 19.0 Å². The molecule has 8 nitrogen and oxygen atoms in total. The van der Waals surface area contributed by atoms with Gasteiger partial charge in [0.1, 0.15) is 11.9 Å². The van der Waals surface area contributed by atoms with E-state index in [-0.39, 0.29) is 18.7 Å². The van der Waals surface area contributed by atoms with Crippen molar-refractivity contribution in [2.75, 3.05) is 17.7 Å². The molecule has 0 bridgehead atoms. The zero-order chi connectivity index (χ0) is 27.3. The van der Waals surface area contributed by atoms with Gasteiger partial charge in [-0.2, -0.15) is 0 Å². The number of hydrogen-bond acceptors (Lipinski definition) is 5. The Morgan fingerprint density at radius 3 is 2.61 bits per heavy atom. The summed E-state index contributed by atoms with van der Waals surface area (Å²) in [5.74, 6) is -1.07. The Morgan fingerprint density at radius 2 is 1.92 bits per heavy atom. The summed E-state index contributed by atoms with van der Waals surface area (Å²) < 4.78 is 14.4. The molecule has 38 heavy (non-hydrogen) atoms. The Bertz CT molecular complexity index is 1310. The van der Waals surface area contributed by atoms with Gasteiger partial charge in [0.15, 0.2) is 0 Å². The summed E-state index contributed by atoms with van der Waals surface area (Å²) in [5, 5.41) is 8.68. The van der Waals surface area contributed by atoms with Crippen LogP contribution in [-0.2, 0) is 27.3 Å². The van der Waals surface area contributed by atoms with Crippen LogP contribution in [-0.4, -0.2) is 41.7 Å². The predicted molar refractivity (Wildman–Crippen MR) is 147 cm³/mol. The van der Waals surface area contributed by atoms with Crippen LogP contribution < -0.4 is 16.0 Å². The molecule has 3 amide bonds.